The summed E-state index contributed by atoms with van der Waals surface area (Å²) in [7, 11) is 0. The highest BCUT2D eigenvalue weighted by Gasteiger charge is 2.46. The zero-order chi connectivity index (χ0) is 26.2. The first kappa shape index (κ1) is 25.6. The van der Waals surface area contributed by atoms with E-state index in [0.29, 0.717) is 21.5 Å². The number of ether oxygens (including phenoxy) is 2. The molecule has 1 aliphatic rings. The molecule has 6 heteroatoms. The van der Waals surface area contributed by atoms with E-state index in [9.17, 15) is 10.2 Å². The van der Waals surface area contributed by atoms with Crippen molar-refractivity contribution in [2.45, 2.75) is 31.5 Å². The largest absolute Gasteiger partial charge is 0.489 e. The van der Waals surface area contributed by atoms with E-state index >= 15 is 0 Å². The van der Waals surface area contributed by atoms with Crippen molar-refractivity contribution in [3.05, 3.63) is 117 Å². The zero-order valence-electron chi connectivity index (χ0n) is 20.6. The van der Waals surface area contributed by atoms with Gasteiger partial charge in [0.05, 0.1) is 27.7 Å². The van der Waals surface area contributed by atoms with Gasteiger partial charge in [-0.15, -0.1) is 0 Å². The van der Waals surface area contributed by atoms with E-state index < -0.39 is 17.6 Å². The fraction of sp³-hybridized carbons (Fsp3) is 0.226. The molecule has 0 fully saturated rings. The Kier molecular flexibility index (Phi) is 7.19. The molecule has 0 heterocycles. The quantitative estimate of drug-likeness (QED) is 0.228. The average Bonchev–Trinajstić information content (AvgIpc) is 3.18. The second kappa shape index (κ2) is 10.4. The summed E-state index contributed by atoms with van der Waals surface area (Å²) in [5.41, 5.74) is 5.79. The Morgan fingerprint density at radius 3 is 1.43 bits per heavy atom. The third kappa shape index (κ3) is 4.60. The maximum absolute atomic E-state index is 9.65. The highest BCUT2D eigenvalue weighted by molar-refractivity contribution is 6.32. The van der Waals surface area contributed by atoms with Gasteiger partial charge in [0.1, 0.15) is 24.7 Å². The van der Waals surface area contributed by atoms with Gasteiger partial charge in [-0.3, -0.25) is 0 Å². The Hall–Kier alpha value is -3.02. The molecule has 2 atom stereocenters. The molecule has 0 aliphatic heterocycles. The van der Waals surface area contributed by atoms with Gasteiger partial charge in [0.25, 0.3) is 0 Å². The van der Waals surface area contributed by atoms with Crippen molar-refractivity contribution in [3.8, 4) is 22.6 Å². The van der Waals surface area contributed by atoms with Gasteiger partial charge in [-0.1, -0.05) is 83.9 Å². The number of benzene rings is 4. The molecule has 0 saturated heterocycles. The van der Waals surface area contributed by atoms with Gasteiger partial charge in [0.15, 0.2) is 0 Å². The van der Waals surface area contributed by atoms with Crippen LogP contribution in [-0.4, -0.2) is 35.6 Å². The summed E-state index contributed by atoms with van der Waals surface area (Å²) >= 11 is 13.5. The third-order valence-electron chi connectivity index (χ3n) is 6.64. The normalized spacial score (nSPS) is 15.0. The second-order valence-electron chi connectivity index (χ2n) is 9.45. The summed E-state index contributed by atoms with van der Waals surface area (Å²) in [6, 6.07) is 28.4. The first-order valence-electron chi connectivity index (χ1n) is 12.2. The van der Waals surface area contributed by atoms with Crippen LogP contribution in [0.1, 0.15) is 36.1 Å². The van der Waals surface area contributed by atoms with E-state index in [1.54, 1.807) is 13.8 Å². The molecule has 4 aromatic carbocycles. The van der Waals surface area contributed by atoms with Crippen LogP contribution in [0.5, 0.6) is 11.5 Å². The molecule has 2 unspecified atom stereocenters. The van der Waals surface area contributed by atoms with E-state index in [1.165, 1.54) is 0 Å². The first-order chi connectivity index (χ1) is 17.8. The fourth-order valence-corrected chi connectivity index (χ4v) is 5.62. The highest BCUT2D eigenvalue weighted by atomic mass is 35.5. The molecule has 1 aliphatic carbocycles. The van der Waals surface area contributed by atoms with E-state index in [4.69, 9.17) is 32.7 Å². The molecule has 0 saturated carbocycles. The Bertz CT molecular complexity index is 1320. The van der Waals surface area contributed by atoms with Crippen molar-refractivity contribution in [1.29, 1.82) is 0 Å². The van der Waals surface area contributed by atoms with Crippen molar-refractivity contribution in [2.24, 2.45) is 0 Å². The summed E-state index contributed by atoms with van der Waals surface area (Å²) < 4.78 is 11.5. The predicted molar refractivity (Wildman–Crippen MR) is 148 cm³/mol. The van der Waals surface area contributed by atoms with Crippen LogP contribution in [0.2, 0.25) is 10.0 Å². The van der Waals surface area contributed by atoms with Crippen LogP contribution in [0, 0.1) is 0 Å². The lowest BCUT2D eigenvalue weighted by atomic mass is 9.67. The Labute approximate surface area is 227 Å². The number of halogens is 2. The minimum absolute atomic E-state index is 0.152. The van der Waals surface area contributed by atoms with Gasteiger partial charge in [0, 0.05) is 0 Å². The summed E-state index contributed by atoms with van der Waals surface area (Å²) in [5.74, 6) is 1.03. The van der Waals surface area contributed by atoms with Crippen molar-refractivity contribution in [2.75, 3.05) is 13.2 Å². The van der Waals surface area contributed by atoms with Crippen molar-refractivity contribution in [1.82, 2.24) is 0 Å². The number of hydrogen-bond donors (Lipinski definition) is 2. The van der Waals surface area contributed by atoms with E-state index in [1.807, 2.05) is 60.7 Å². The van der Waals surface area contributed by atoms with E-state index in [-0.39, 0.29) is 13.2 Å². The molecule has 4 nitrogen and oxygen atoms in total. The number of aliphatic hydroxyl groups is 2. The smallest absolute Gasteiger partial charge is 0.138 e. The van der Waals surface area contributed by atoms with Crippen molar-refractivity contribution >= 4 is 23.2 Å². The number of hydrogen-bond acceptors (Lipinski definition) is 4. The summed E-state index contributed by atoms with van der Waals surface area (Å²) in [5, 5.41) is 20.2. The summed E-state index contributed by atoms with van der Waals surface area (Å²) in [6.45, 7) is 3.64. The van der Waals surface area contributed by atoms with E-state index in [0.717, 1.165) is 33.4 Å². The van der Waals surface area contributed by atoms with Crippen molar-refractivity contribution < 1.29 is 19.7 Å². The monoisotopic (exact) mass is 534 g/mol. The Morgan fingerprint density at radius 1 is 0.649 bits per heavy atom. The number of rotatable bonds is 8. The van der Waals surface area contributed by atoms with Crippen LogP contribution >= 0.6 is 23.2 Å². The van der Waals surface area contributed by atoms with Crippen LogP contribution in [0.25, 0.3) is 11.1 Å². The molecule has 190 valence electrons. The fourth-order valence-electron chi connectivity index (χ4n) is 5.15. The summed E-state index contributed by atoms with van der Waals surface area (Å²) in [6.07, 6.45) is -1.21. The Balaban J connectivity index is 1.74. The molecule has 0 spiro atoms. The van der Waals surface area contributed by atoms with Gasteiger partial charge in [0.2, 0.25) is 0 Å². The van der Waals surface area contributed by atoms with Gasteiger partial charge in [-0.2, -0.15) is 0 Å². The maximum Gasteiger partial charge on any atom is 0.138 e. The van der Waals surface area contributed by atoms with Crippen LogP contribution in [0.4, 0.5) is 0 Å². The lowest BCUT2D eigenvalue weighted by Gasteiger charge is -2.34. The van der Waals surface area contributed by atoms with Crippen LogP contribution < -0.4 is 9.47 Å². The molecule has 0 radical (unpaired) electrons. The molecular weight excluding hydrogens is 507 g/mol. The van der Waals surface area contributed by atoms with Crippen LogP contribution in [-0.2, 0) is 5.41 Å². The highest BCUT2D eigenvalue weighted by Crippen LogP contribution is 2.57. The van der Waals surface area contributed by atoms with E-state index in [2.05, 4.69) is 24.3 Å². The first-order valence-corrected chi connectivity index (χ1v) is 13.0. The lowest BCUT2D eigenvalue weighted by molar-refractivity contribution is 0.122. The van der Waals surface area contributed by atoms with Gasteiger partial charge < -0.3 is 19.7 Å². The molecule has 0 amide bonds. The standard InChI is InChI=1S/C31H28Cl2O4/c1-19(34)17-36-29-13-11-21(15-27(29)32)31(22-12-14-30(28(33)16-22)37-18-20(2)35)25-9-5-3-7-23(25)24-8-4-6-10-26(24)31/h3-16,19-20,34-35H,17-18H2,1-2H3. The predicted octanol–water partition coefficient (Wildman–Crippen LogP) is 6.88. The number of aliphatic hydroxyl groups excluding tert-OH is 2. The summed E-state index contributed by atoms with van der Waals surface area (Å²) in [4.78, 5) is 0. The average molecular weight is 535 g/mol. The second-order valence-corrected chi connectivity index (χ2v) is 10.3. The van der Waals surface area contributed by atoms with Crippen LogP contribution in [0.15, 0.2) is 84.9 Å². The van der Waals surface area contributed by atoms with Gasteiger partial charge >= 0.3 is 0 Å². The Morgan fingerprint density at radius 2 is 1.05 bits per heavy atom. The lowest BCUT2D eigenvalue weighted by Crippen LogP contribution is -2.28. The van der Waals surface area contributed by atoms with Gasteiger partial charge in [-0.05, 0) is 71.5 Å². The van der Waals surface area contributed by atoms with Gasteiger partial charge in [-0.25, -0.2) is 0 Å². The molecular formula is C31H28Cl2O4. The molecule has 0 bridgehead atoms. The van der Waals surface area contributed by atoms with Crippen LogP contribution in [0.3, 0.4) is 0 Å². The molecule has 5 rings (SSSR count). The van der Waals surface area contributed by atoms with Crippen molar-refractivity contribution in [3.63, 3.8) is 0 Å². The molecule has 37 heavy (non-hydrogen) atoms. The minimum atomic E-state index is -0.688. The topological polar surface area (TPSA) is 58.9 Å². The third-order valence-corrected chi connectivity index (χ3v) is 7.23. The molecule has 2 N–H and O–H groups in total. The SMILES string of the molecule is CC(O)COc1ccc(C2(c3ccc(OCC(C)O)c(Cl)c3)c3ccccc3-c3ccccc32)cc1Cl. The molecule has 0 aromatic heterocycles. The maximum atomic E-state index is 9.65. The minimum Gasteiger partial charge on any atom is -0.489 e. The number of fused-ring (bicyclic) bond motifs is 3. The molecule has 4 aromatic rings. The zero-order valence-corrected chi connectivity index (χ0v) is 22.1.